The standard InChI is InChI=1S/C11H12Cl2N2O2/c1-2-14-10(16)6-15-11(17)8-5-7(12)3-4-9(8)13/h3-5H,2,6H2,1H3,(H,14,16)(H,15,17). The van der Waals surface area contributed by atoms with E-state index in [0.717, 1.165) is 0 Å². The van der Waals surface area contributed by atoms with Crippen molar-refractivity contribution in [2.45, 2.75) is 6.92 Å². The quantitative estimate of drug-likeness (QED) is 0.881. The van der Waals surface area contributed by atoms with Crippen molar-refractivity contribution in [3.63, 3.8) is 0 Å². The van der Waals surface area contributed by atoms with Gasteiger partial charge in [0.05, 0.1) is 17.1 Å². The number of likely N-dealkylation sites (N-methyl/N-ethyl adjacent to an activating group) is 1. The fourth-order valence-electron chi connectivity index (χ4n) is 1.19. The third kappa shape index (κ3) is 4.24. The van der Waals surface area contributed by atoms with Crippen LogP contribution in [0.3, 0.4) is 0 Å². The molecule has 1 aromatic rings. The van der Waals surface area contributed by atoms with Gasteiger partial charge in [0, 0.05) is 11.6 Å². The Balaban J connectivity index is 2.64. The molecular formula is C11H12Cl2N2O2. The summed E-state index contributed by atoms with van der Waals surface area (Å²) in [6.45, 7) is 2.23. The minimum Gasteiger partial charge on any atom is -0.355 e. The van der Waals surface area contributed by atoms with E-state index in [9.17, 15) is 9.59 Å². The van der Waals surface area contributed by atoms with Gasteiger partial charge in [-0.15, -0.1) is 0 Å². The third-order valence-electron chi connectivity index (χ3n) is 1.96. The summed E-state index contributed by atoms with van der Waals surface area (Å²) in [5, 5.41) is 5.73. The molecule has 4 nitrogen and oxygen atoms in total. The van der Waals surface area contributed by atoms with Gasteiger partial charge in [-0.1, -0.05) is 23.2 Å². The Morgan fingerprint density at radius 3 is 2.59 bits per heavy atom. The predicted molar refractivity (Wildman–Crippen MR) is 67.5 cm³/mol. The van der Waals surface area contributed by atoms with Crippen molar-refractivity contribution in [3.05, 3.63) is 33.8 Å². The molecule has 17 heavy (non-hydrogen) atoms. The van der Waals surface area contributed by atoms with E-state index < -0.39 is 5.91 Å². The molecule has 0 saturated carbocycles. The molecule has 92 valence electrons. The summed E-state index contributed by atoms with van der Waals surface area (Å²) in [5.41, 5.74) is 0.253. The zero-order valence-corrected chi connectivity index (χ0v) is 10.7. The molecule has 0 atom stereocenters. The lowest BCUT2D eigenvalue weighted by Crippen LogP contribution is -2.36. The fourth-order valence-corrected chi connectivity index (χ4v) is 1.56. The SMILES string of the molecule is CCNC(=O)CNC(=O)c1cc(Cl)ccc1Cl. The van der Waals surface area contributed by atoms with Gasteiger partial charge in [-0.05, 0) is 25.1 Å². The average molecular weight is 275 g/mol. The monoisotopic (exact) mass is 274 g/mol. The van der Waals surface area contributed by atoms with Crippen LogP contribution in [0.2, 0.25) is 10.0 Å². The van der Waals surface area contributed by atoms with E-state index in [0.29, 0.717) is 16.6 Å². The molecule has 0 heterocycles. The van der Waals surface area contributed by atoms with E-state index in [-0.39, 0.29) is 18.0 Å². The van der Waals surface area contributed by atoms with Crippen molar-refractivity contribution in [3.8, 4) is 0 Å². The molecule has 1 aromatic carbocycles. The fraction of sp³-hybridized carbons (Fsp3) is 0.273. The molecule has 6 heteroatoms. The summed E-state index contributed by atoms with van der Waals surface area (Å²) in [5.74, 6) is -0.678. The van der Waals surface area contributed by atoms with Gasteiger partial charge in [0.25, 0.3) is 5.91 Å². The summed E-state index contributed by atoms with van der Waals surface area (Å²) in [6, 6.07) is 4.58. The number of benzene rings is 1. The van der Waals surface area contributed by atoms with Gasteiger partial charge >= 0.3 is 0 Å². The van der Waals surface area contributed by atoms with Gasteiger partial charge in [-0.3, -0.25) is 9.59 Å². The van der Waals surface area contributed by atoms with Crippen LogP contribution < -0.4 is 10.6 Å². The van der Waals surface area contributed by atoms with Gasteiger partial charge in [0.15, 0.2) is 0 Å². The number of carbonyl (C=O) groups is 2. The minimum atomic E-state index is -0.427. The van der Waals surface area contributed by atoms with Crippen molar-refractivity contribution in [2.75, 3.05) is 13.1 Å². The van der Waals surface area contributed by atoms with E-state index in [1.807, 2.05) is 0 Å². The first-order valence-electron chi connectivity index (χ1n) is 5.04. The van der Waals surface area contributed by atoms with Gasteiger partial charge in [0.2, 0.25) is 5.91 Å². The molecule has 0 aliphatic carbocycles. The van der Waals surface area contributed by atoms with Gasteiger partial charge in [-0.2, -0.15) is 0 Å². The van der Waals surface area contributed by atoms with E-state index in [4.69, 9.17) is 23.2 Å². The molecule has 0 unspecified atom stereocenters. The second kappa shape index (κ2) is 6.47. The molecule has 0 bridgehead atoms. The Labute approximate surface area is 109 Å². The Morgan fingerprint density at radius 1 is 1.24 bits per heavy atom. The number of nitrogens with one attached hydrogen (secondary N) is 2. The van der Waals surface area contributed by atoms with Crippen LogP contribution in [0.4, 0.5) is 0 Å². The first-order valence-corrected chi connectivity index (χ1v) is 5.80. The van der Waals surface area contributed by atoms with Crippen LogP contribution in [0.15, 0.2) is 18.2 Å². The van der Waals surface area contributed by atoms with Crippen LogP contribution >= 0.6 is 23.2 Å². The average Bonchev–Trinajstić information content (AvgIpc) is 2.29. The Kier molecular flexibility index (Phi) is 5.25. The number of rotatable bonds is 4. The largest absolute Gasteiger partial charge is 0.355 e. The van der Waals surface area contributed by atoms with E-state index in [2.05, 4.69) is 10.6 Å². The molecule has 2 N–H and O–H groups in total. The lowest BCUT2D eigenvalue weighted by atomic mass is 10.2. The van der Waals surface area contributed by atoms with Gasteiger partial charge in [-0.25, -0.2) is 0 Å². The van der Waals surface area contributed by atoms with Crippen LogP contribution in [-0.4, -0.2) is 24.9 Å². The number of amides is 2. The summed E-state index contributed by atoms with van der Waals surface area (Å²) >= 11 is 11.6. The Hall–Kier alpha value is -1.26. The number of hydrogen-bond donors (Lipinski definition) is 2. The molecule has 0 spiro atoms. The van der Waals surface area contributed by atoms with Gasteiger partial charge < -0.3 is 10.6 Å². The smallest absolute Gasteiger partial charge is 0.253 e. The van der Waals surface area contributed by atoms with E-state index in [1.54, 1.807) is 13.0 Å². The number of carbonyl (C=O) groups excluding carboxylic acids is 2. The highest BCUT2D eigenvalue weighted by Gasteiger charge is 2.11. The second-order valence-electron chi connectivity index (χ2n) is 3.26. The highest BCUT2D eigenvalue weighted by Crippen LogP contribution is 2.20. The lowest BCUT2D eigenvalue weighted by molar-refractivity contribution is -0.120. The minimum absolute atomic E-state index is 0.0878. The summed E-state index contributed by atoms with van der Waals surface area (Å²) in [7, 11) is 0. The first-order chi connectivity index (χ1) is 8.04. The molecule has 0 saturated heterocycles. The first kappa shape index (κ1) is 13.8. The van der Waals surface area contributed by atoms with Crippen LogP contribution in [0, 0.1) is 0 Å². The van der Waals surface area contributed by atoms with Crippen molar-refractivity contribution in [1.29, 1.82) is 0 Å². The summed E-state index contributed by atoms with van der Waals surface area (Å²) in [6.07, 6.45) is 0. The highest BCUT2D eigenvalue weighted by atomic mass is 35.5. The Morgan fingerprint density at radius 2 is 1.94 bits per heavy atom. The molecule has 1 rings (SSSR count). The third-order valence-corrected chi connectivity index (χ3v) is 2.52. The lowest BCUT2D eigenvalue weighted by Gasteiger charge is -2.07. The highest BCUT2D eigenvalue weighted by molar-refractivity contribution is 6.35. The zero-order valence-electron chi connectivity index (χ0n) is 9.22. The molecule has 0 fully saturated rings. The van der Waals surface area contributed by atoms with Crippen LogP contribution in [0.25, 0.3) is 0 Å². The van der Waals surface area contributed by atoms with Crippen LogP contribution in [-0.2, 0) is 4.79 Å². The Bertz CT molecular complexity index is 435. The topological polar surface area (TPSA) is 58.2 Å². The molecular weight excluding hydrogens is 263 g/mol. The second-order valence-corrected chi connectivity index (χ2v) is 4.10. The molecule has 0 aliphatic rings. The van der Waals surface area contributed by atoms with Crippen molar-refractivity contribution < 1.29 is 9.59 Å². The summed E-state index contributed by atoms with van der Waals surface area (Å²) < 4.78 is 0. The molecule has 0 aliphatic heterocycles. The summed E-state index contributed by atoms with van der Waals surface area (Å²) in [4.78, 5) is 22.8. The van der Waals surface area contributed by atoms with E-state index >= 15 is 0 Å². The van der Waals surface area contributed by atoms with Crippen molar-refractivity contribution in [1.82, 2.24) is 10.6 Å². The molecule has 0 aromatic heterocycles. The number of hydrogen-bond acceptors (Lipinski definition) is 2. The zero-order chi connectivity index (χ0) is 12.8. The maximum atomic E-state index is 11.7. The maximum Gasteiger partial charge on any atom is 0.253 e. The van der Waals surface area contributed by atoms with E-state index in [1.165, 1.54) is 12.1 Å². The number of halogens is 2. The van der Waals surface area contributed by atoms with Gasteiger partial charge in [0.1, 0.15) is 0 Å². The molecule has 0 radical (unpaired) electrons. The van der Waals surface area contributed by atoms with Crippen LogP contribution in [0.5, 0.6) is 0 Å². The van der Waals surface area contributed by atoms with Crippen LogP contribution in [0.1, 0.15) is 17.3 Å². The molecule has 2 amide bonds. The normalized spacial score (nSPS) is 9.82. The van der Waals surface area contributed by atoms with Crippen molar-refractivity contribution in [2.24, 2.45) is 0 Å². The predicted octanol–water partition coefficient (Wildman–Crippen LogP) is 1.86. The van der Waals surface area contributed by atoms with Crippen molar-refractivity contribution >= 4 is 35.0 Å². The maximum absolute atomic E-state index is 11.7.